The van der Waals surface area contributed by atoms with Gasteiger partial charge in [0.1, 0.15) is 17.0 Å². The molecule has 2 aromatic carbocycles. The van der Waals surface area contributed by atoms with E-state index in [1.54, 1.807) is 18.3 Å². The molecule has 1 aliphatic carbocycles. The first kappa shape index (κ1) is 21.5. The van der Waals surface area contributed by atoms with Gasteiger partial charge in [0.2, 0.25) is 0 Å². The molecule has 0 aliphatic heterocycles. The number of halogens is 1. The van der Waals surface area contributed by atoms with Gasteiger partial charge in [0.25, 0.3) is 0 Å². The van der Waals surface area contributed by atoms with Gasteiger partial charge in [-0.25, -0.2) is 4.98 Å². The van der Waals surface area contributed by atoms with Crippen molar-refractivity contribution in [1.82, 2.24) is 10.3 Å². The zero-order valence-corrected chi connectivity index (χ0v) is 18.9. The van der Waals surface area contributed by atoms with Crippen molar-refractivity contribution in [3.63, 3.8) is 0 Å². The number of pyridine rings is 1. The van der Waals surface area contributed by atoms with Gasteiger partial charge in [-0.2, -0.15) is 0 Å². The molecule has 0 unspecified atom stereocenters. The highest BCUT2D eigenvalue weighted by atomic mass is 35.5. The lowest BCUT2D eigenvalue weighted by Crippen LogP contribution is -2.25. The first-order valence-electron chi connectivity index (χ1n) is 11.2. The van der Waals surface area contributed by atoms with E-state index in [1.807, 2.05) is 48.5 Å². The van der Waals surface area contributed by atoms with Crippen molar-refractivity contribution in [3.05, 3.63) is 99.1 Å². The molecule has 2 aromatic heterocycles. The molecule has 0 saturated heterocycles. The summed E-state index contributed by atoms with van der Waals surface area (Å²) in [6, 6.07) is 19.1. The van der Waals surface area contributed by atoms with E-state index in [0.29, 0.717) is 40.0 Å². The quantitative estimate of drug-likeness (QED) is 0.388. The SMILES string of the molecule is O=c1cc(CNC2CCCC2)oc2ccc(C#Cc3ccc(-c4ccc(Cl)cc4)cn3)cc12. The monoisotopic (exact) mass is 454 g/mol. The molecule has 2 heterocycles. The Morgan fingerprint density at radius 2 is 1.76 bits per heavy atom. The maximum Gasteiger partial charge on any atom is 0.193 e. The Hall–Kier alpha value is -3.39. The molecule has 1 aliphatic rings. The first-order valence-corrected chi connectivity index (χ1v) is 11.6. The predicted molar refractivity (Wildman–Crippen MR) is 132 cm³/mol. The van der Waals surface area contributed by atoms with E-state index in [4.69, 9.17) is 16.0 Å². The van der Waals surface area contributed by atoms with E-state index in [2.05, 4.69) is 22.1 Å². The Kier molecular flexibility index (Phi) is 6.26. The van der Waals surface area contributed by atoms with Crippen molar-refractivity contribution >= 4 is 22.6 Å². The lowest BCUT2D eigenvalue weighted by atomic mass is 10.1. The van der Waals surface area contributed by atoms with Gasteiger partial charge in [-0.15, -0.1) is 0 Å². The molecule has 0 amide bonds. The largest absolute Gasteiger partial charge is 0.459 e. The molecule has 4 aromatic rings. The Morgan fingerprint density at radius 3 is 2.52 bits per heavy atom. The Balaban J connectivity index is 1.32. The van der Waals surface area contributed by atoms with Gasteiger partial charge in [0.05, 0.1) is 11.9 Å². The second kappa shape index (κ2) is 9.62. The summed E-state index contributed by atoms with van der Waals surface area (Å²) in [4.78, 5) is 17.1. The number of hydrogen-bond donors (Lipinski definition) is 1. The van der Waals surface area contributed by atoms with Crippen LogP contribution in [0.3, 0.4) is 0 Å². The van der Waals surface area contributed by atoms with Crippen LogP contribution in [0.1, 0.15) is 42.7 Å². The summed E-state index contributed by atoms with van der Waals surface area (Å²) in [5.74, 6) is 6.84. The second-order valence-electron chi connectivity index (χ2n) is 8.34. The zero-order valence-electron chi connectivity index (χ0n) is 18.1. The summed E-state index contributed by atoms with van der Waals surface area (Å²) >= 11 is 5.95. The third-order valence-corrected chi connectivity index (χ3v) is 6.23. The van der Waals surface area contributed by atoms with Crippen molar-refractivity contribution < 1.29 is 4.42 Å². The molecule has 0 atom stereocenters. The van der Waals surface area contributed by atoms with E-state index >= 15 is 0 Å². The van der Waals surface area contributed by atoms with Gasteiger partial charge in [0.15, 0.2) is 5.43 Å². The topological polar surface area (TPSA) is 55.1 Å². The van der Waals surface area contributed by atoms with Crippen molar-refractivity contribution in [2.24, 2.45) is 0 Å². The molecular formula is C28H23ClN2O2. The molecule has 0 bridgehead atoms. The fraction of sp³-hybridized carbons (Fsp3) is 0.214. The van der Waals surface area contributed by atoms with Gasteiger partial charge >= 0.3 is 0 Å². The Labute approximate surface area is 197 Å². The highest BCUT2D eigenvalue weighted by molar-refractivity contribution is 6.30. The minimum Gasteiger partial charge on any atom is -0.459 e. The second-order valence-corrected chi connectivity index (χ2v) is 8.78. The van der Waals surface area contributed by atoms with Crippen molar-refractivity contribution in [3.8, 4) is 23.0 Å². The maximum absolute atomic E-state index is 12.7. The molecule has 33 heavy (non-hydrogen) atoms. The molecule has 1 fully saturated rings. The zero-order chi connectivity index (χ0) is 22.6. The maximum atomic E-state index is 12.7. The lowest BCUT2D eigenvalue weighted by molar-refractivity contribution is 0.456. The molecule has 5 heteroatoms. The molecular weight excluding hydrogens is 432 g/mol. The molecule has 1 saturated carbocycles. The van der Waals surface area contributed by atoms with Crippen LogP contribution in [0.5, 0.6) is 0 Å². The number of nitrogens with one attached hydrogen (secondary N) is 1. The van der Waals surface area contributed by atoms with Gasteiger partial charge < -0.3 is 9.73 Å². The smallest absolute Gasteiger partial charge is 0.193 e. The molecule has 0 radical (unpaired) electrons. The van der Waals surface area contributed by atoms with Gasteiger partial charge in [0, 0.05) is 34.5 Å². The van der Waals surface area contributed by atoms with Gasteiger partial charge in [-0.3, -0.25) is 4.79 Å². The summed E-state index contributed by atoms with van der Waals surface area (Å²) in [6.07, 6.45) is 6.72. The first-order chi connectivity index (χ1) is 16.1. The standard InChI is InChI=1S/C28H23ClN2O2/c29-22-10-7-20(8-11-22)21-9-13-24(30-17-21)12-5-19-6-14-28-26(15-19)27(32)16-25(33-28)18-31-23-3-1-2-4-23/h6-11,13-17,23,31H,1-4,18H2. The minimum absolute atomic E-state index is 0.0476. The van der Waals surface area contributed by atoms with E-state index < -0.39 is 0 Å². The average Bonchev–Trinajstić information content (AvgIpc) is 3.36. The van der Waals surface area contributed by atoms with Gasteiger partial charge in [-0.1, -0.05) is 48.6 Å². The fourth-order valence-corrected chi connectivity index (χ4v) is 4.29. The number of aromatic nitrogens is 1. The van der Waals surface area contributed by atoms with Crippen LogP contribution in [0.4, 0.5) is 0 Å². The van der Waals surface area contributed by atoms with Crippen LogP contribution in [0.15, 0.2) is 76.1 Å². The average molecular weight is 455 g/mol. The molecule has 5 rings (SSSR count). The van der Waals surface area contributed by atoms with Crippen LogP contribution in [0.25, 0.3) is 22.1 Å². The Bertz CT molecular complexity index is 1390. The third kappa shape index (κ3) is 5.17. The summed E-state index contributed by atoms with van der Waals surface area (Å²) in [7, 11) is 0. The summed E-state index contributed by atoms with van der Waals surface area (Å²) in [5, 5.41) is 4.73. The summed E-state index contributed by atoms with van der Waals surface area (Å²) in [5.41, 5.74) is 3.99. The van der Waals surface area contributed by atoms with E-state index in [1.165, 1.54) is 25.7 Å². The van der Waals surface area contributed by atoms with Crippen LogP contribution in [-0.2, 0) is 6.54 Å². The fourth-order valence-electron chi connectivity index (χ4n) is 4.16. The predicted octanol–water partition coefficient (Wildman–Crippen LogP) is 5.94. The van der Waals surface area contributed by atoms with Crippen molar-refractivity contribution in [1.29, 1.82) is 0 Å². The number of nitrogens with zero attached hydrogens (tertiary/aromatic N) is 1. The number of benzene rings is 2. The normalized spacial score (nSPS) is 13.7. The molecule has 164 valence electrons. The summed E-state index contributed by atoms with van der Waals surface area (Å²) in [6.45, 7) is 0.578. The number of rotatable bonds is 4. The molecule has 4 nitrogen and oxygen atoms in total. The van der Waals surface area contributed by atoms with Crippen molar-refractivity contribution in [2.45, 2.75) is 38.3 Å². The number of hydrogen-bond acceptors (Lipinski definition) is 4. The molecule has 1 N–H and O–H groups in total. The lowest BCUT2D eigenvalue weighted by Gasteiger charge is -2.11. The number of fused-ring (bicyclic) bond motifs is 1. The van der Waals surface area contributed by atoms with E-state index in [-0.39, 0.29) is 5.43 Å². The highest BCUT2D eigenvalue weighted by Crippen LogP contribution is 2.21. The third-order valence-electron chi connectivity index (χ3n) is 5.97. The van der Waals surface area contributed by atoms with Gasteiger partial charge in [-0.05, 0) is 60.7 Å². The van der Waals surface area contributed by atoms with Crippen LogP contribution in [0, 0.1) is 11.8 Å². The van der Waals surface area contributed by atoms with E-state index in [0.717, 1.165) is 16.7 Å². The Morgan fingerprint density at radius 1 is 0.970 bits per heavy atom. The minimum atomic E-state index is -0.0476. The van der Waals surface area contributed by atoms with Crippen LogP contribution >= 0.6 is 11.6 Å². The summed E-state index contributed by atoms with van der Waals surface area (Å²) < 4.78 is 5.95. The van der Waals surface area contributed by atoms with Crippen LogP contribution in [-0.4, -0.2) is 11.0 Å². The molecule has 0 spiro atoms. The van der Waals surface area contributed by atoms with Crippen LogP contribution in [0.2, 0.25) is 5.02 Å². The highest BCUT2D eigenvalue weighted by Gasteiger charge is 2.15. The van der Waals surface area contributed by atoms with E-state index in [9.17, 15) is 4.79 Å². The van der Waals surface area contributed by atoms with Crippen LogP contribution < -0.4 is 10.7 Å². The van der Waals surface area contributed by atoms with Crippen molar-refractivity contribution in [2.75, 3.05) is 0 Å².